The standard InChI is InChI=1S/C19H25N5OS/c1-25-14-9-20-19(26)22-16-7-8-18(21-15-16)24-12-10-23(11-13-24)17-5-3-2-4-6-17/h2-8,15H,9-14H2,1H3,(H2,20,22,26). The minimum Gasteiger partial charge on any atom is -0.383 e. The Labute approximate surface area is 160 Å². The van der Waals surface area contributed by atoms with Crippen molar-refractivity contribution in [3.8, 4) is 0 Å². The van der Waals surface area contributed by atoms with E-state index >= 15 is 0 Å². The first-order valence-electron chi connectivity index (χ1n) is 8.81. The van der Waals surface area contributed by atoms with Gasteiger partial charge in [-0.25, -0.2) is 4.98 Å². The van der Waals surface area contributed by atoms with Gasteiger partial charge >= 0.3 is 0 Å². The van der Waals surface area contributed by atoms with Gasteiger partial charge in [-0.1, -0.05) is 18.2 Å². The number of piperazine rings is 1. The molecule has 2 aromatic rings. The molecule has 0 aliphatic carbocycles. The van der Waals surface area contributed by atoms with Crippen molar-refractivity contribution in [2.75, 3.05) is 61.6 Å². The van der Waals surface area contributed by atoms with Gasteiger partial charge in [-0.2, -0.15) is 0 Å². The molecule has 0 unspecified atom stereocenters. The van der Waals surface area contributed by atoms with Crippen molar-refractivity contribution in [2.24, 2.45) is 0 Å². The fourth-order valence-corrected chi connectivity index (χ4v) is 3.14. The molecular formula is C19H25N5OS. The van der Waals surface area contributed by atoms with E-state index in [1.165, 1.54) is 5.69 Å². The smallest absolute Gasteiger partial charge is 0.170 e. The van der Waals surface area contributed by atoms with Gasteiger partial charge in [0.05, 0.1) is 18.5 Å². The summed E-state index contributed by atoms with van der Waals surface area (Å²) in [4.78, 5) is 9.31. The quantitative estimate of drug-likeness (QED) is 0.597. The molecule has 0 amide bonds. The first-order chi connectivity index (χ1) is 12.8. The highest BCUT2D eigenvalue weighted by Gasteiger charge is 2.18. The third-order valence-corrected chi connectivity index (χ3v) is 4.57. The van der Waals surface area contributed by atoms with Crippen molar-refractivity contribution in [2.45, 2.75) is 0 Å². The summed E-state index contributed by atoms with van der Waals surface area (Å²) < 4.78 is 4.99. The number of rotatable bonds is 6. The fraction of sp³-hybridized carbons (Fsp3) is 0.368. The zero-order valence-electron chi connectivity index (χ0n) is 15.0. The molecule has 0 atom stereocenters. The predicted octanol–water partition coefficient (Wildman–Crippen LogP) is 2.34. The molecule has 3 rings (SSSR count). The topological polar surface area (TPSA) is 52.7 Å². The SMILES string of the molecule is COCCNC(=S)Nc1ccc(N2CCN(c3ccccc3)CC2)nc1. The van der Waals surface area contributed by atoms with E-state index in [0.29, 0.717) is 18.3 Å². The maximum atomic E-state index is 5.25. The second-order valence-corrected chi connectivity index (χ2v) is 6.50. The van der Waals surface area contributed by atoms with Crippen LogP contribution in [0, 0.1) is 0 Å². The van der Waals surface area contributed by atoms with Crippen LogP contribution in [0.4, 0.5) is 17.2 Å². The molecule has 1 aromatic carbocycles. The molecule has 0 bridgehead atoms. The van der Waals surface area contributed by atoms with E-state index < -0.39 is 0 Å². The van der Waals surface area contributed by atoms with Gasteiger partial charge in [-0.3, -0.25) is 0 Å². The van der Waals surface area contributed by atoms with Crippen LogP contribution < -0.4 is 20.4 Å². The summed E-state index contributed by atoms with van der Waals surface area (Å²) in [7, 11) is 1.67. The summed E-state index contributed by atoms with van der Waals surface area (Å²) in [6.45, 7) is 5.23. The van der Waals surface area contributed by atoms with Gasteiger partial charge in [0.25, 0.3) is 0 Å². The summed E-state index contributed by atoms with van der Waals surface area (Å²) in [6.07, 6.45) is 1.82. The molecular weight excluding hydrogens is 346 g/mol. The molecule has 0 spiro atoms. The lowest BCUT2D eigenvalue weighted by atomic mass is 10.2. The average Bonchev–Trinajstić information content (AvgIpc) is 2.70. The number of methoxy groups -OCH3 is 1. The normalized spacial score (nSPS) is 14.2. The number of nitrogens with zero attached hydrogens (tertiary/aromatic N) is 3. The fourth-order valence-electron chi connectivity index (χ4n) is 2.92. The molecule has 7 heteroatoms. The first-order valence-corrected chi connectivity index (χ1v) is 9.22. The highest BCUT2D eigenvalue weighted by molar-refractivity contribution is 7.80. The third-order valence-electron chi connectivity index (χ3n) is 4.32. The second kappa shape index (κ2) is 9.35. The highest BCUT2D eigenvalue weighted by Crippen LogP contribution is 2.19. The number of para-hydroxylation sites is 1. The van der Waals surface area contributed by atoms with E-state index in [1.807, 2.05) is 18.3 Å². The van der Waals surface area contributed by atoms with Gasteiger partial charge in [-0.05, 0) is 36.5 Å². The Morgan fingerprint density at radius 3 is 2.46 bits per heavy atom. The lowest BCUT2D eigenvalue weighted by Gasteiger charge is -2.36. The zero-order chi connectivity index (χ0) is 18.2. The molecule has 138 valence electrons. The molecule has 1 saturated heterocycles. The number of hydrogen-bond donors (Lipinski definition) is 2. The molecule has 2 N–H and O–H groups in total. The number of ether oxygens (including phenoxy) is 1. The predicted molar refractivity (Wildman–Crippen MR) is 111 cm³/mol. The molecule has 1 aliphatic rings. The van der Waals surface area contributed by atoms with Gasteiger partial charge in [-0.15, -0.1) is 0 Å². The molecule has 26 heavy (non-hydrogen) atoms. The van der Waals surface area contributed by atoms with Crippen LogP contribution in [-0.4, -0.2) is 56.5 Å². The number of nitrogens with one attached hydrogen (secondary N) is 2. The van der Waals surface area contributed by atoms with E-state index in [1.54, 1.807) is 7.11 Å². The van der Waals surface area contributed by atoms with Crippen LogP contribution in [-0.2, 0) is 4.74 Å². The Bertz CT molecular complexity index is 687. The number of aromatic nitrogens is 1. The number of pyridine rings is 1. The molecule has 6 nitrogen and oxygen atoms in total. The zero-order valence-corrected chi connectivity index (χ0v) is 15.8. The Balaban J connectivity index is 1.49. The third kappa shape index (κ3) is 5.06. The molecule has 2 heterocycles. The Hall–Kier alpha value is -2.38. The van der Waals surface area contributed by atoms with Crippen LogP contribution >= 0.6 is 12.2 Å². The summed E-state index contributed by atoms with van der Waals surface area (Å²) in [6, 6.07) is 14.6. The number of anilines is 3. The van der Waals surface area contributed by atoms with Gasteiger partial charge in [0.1, 0.15) is 5.82 Å². The molecule has 0 radical (unpaired) electrons. The van der Waals surface area contributed by atoms with Crippen LogP contribution in [0.1, 0.15) is 0 Å². The van der Waals surface area contributed by atoms with E-state index in [0.717, 1.165) is 37.7 Å². The van der Waals surface area contributed by atoms with Crippen LogP contribution in [0.3, 0.4) is 0 Å². The minimum absolute atomic E-state index is 0.577. The van der Waals surface area contributed by atoms with Crippen LogP contribution in [0.25, 0.3) is 0 Å². The summed E-state index contributed by atoms with van der Waals surface area (Å²) in [5.41, 5.74) is 2.17. The van der Waals surface area contributed by atoms with Crippen molar-refractivity contribution in [3.63, 3.8) is 0 Å². The Morgan fingerprint density at radius 1 is 1.08 bits per heavy atom. The average molecular weight is 372 g/mol. The first kappa shape index (κ1) is 18.4. The van der Waals surface area contributed by atoms with Crippen LogP contribution in [0.15, 0.2) is 48.7 Å². The van der Waals surface area contributed by atoms with E-state index in [2.05, 4.69) is 55.7 Å². The van der Waals surface area contributed by atoms with Gasteiger partial charge in [0.15, 0.2) is 5.11 Å². The summed E-state index contributed by atoms with van der Waals surface area (Å²) in [5.74, 6) is 1.00. The van der Waals surface area contributed by atoms with Crippen molar-refractivity contribution in [1.82, 2.24) is 10.3 Å². The summed E-state index contributed by atoms with van der Waals surface area (Å²) in [5, 5.41) is 6.79. The summed E-state index contributed by atoms with van der Waals surface area (Å²) >= 11 is 5.25. The molecule has 1 aromatic heterocycles. The van der Waals surface area contributed by atoms with Gasteiger partial charge < -0.3 is 25.2 Å². The van der Waals surface area contributed by atoms with E-state index in [-0.39, 0.29) is 0 Å². The van der Waals surface area contributed by atoms with Crippen molar-refractivity contribution in [1.29, 1.82) is 0 Å². The number of thiocarbonyl (C=S) groups is 1. The highest BCUT2D eigenvalue weighted by atomic mass is 32.1. The molecule has 1 aliphatic heterocycles. The van der Waals surface area contributed by atoms with Gasteiger partial charge in [0.2, 0.25) is 0 Å². The van der Waals surface area contributed by atoms with Crippen LogP contribution in [0.5, 0.6) is 0 Å². The van der Waals surface area contributed by atoms with Gasteiger partial charge in [0, 0.05) is 45.5 Å². The van der Waals surface area contributed by atoms with Crippen molar-refractivity contribution >= 4 is 34.5 Å². The van der Waals surface area contributed by atoms with Crippen LogP contribution in [0.2, 0.25) is 0 Å². The largest absolute Gasteiger partial charge is 0.383 e. The molecule has 1 fully saturated rings. The van der Waals surface area contributed by atoms with E-state index in [9.17, 15) is 0 Å². The van der Waals surface area contributed by atoms with Crippen molar-refractivity contribution < 1.29 is 4.74 Å². The maximum Gasteiger partial charge on any atom is 0.170 e. The Kier molecular flexibility index (Phi) is 6.62. The number of hydrogen-bond acceptors (Lipinski definition) is 5. The number of benzene rings is 1. The lowest BCUT2D eigenvalue weighted by Crippen LogP contribution is -2.46. The Morgan fingerprint density at radius 2 is 1.81 bits per heavy atom. The minimum atomic E-state index is 0.577. The maximum absolute atomic E-state index is 5.25. The monoisotopic (exact) mass is 371 g/mol. The lowest BCUT2D eigenvalue weighted by molar-refractivity contribution is 0.204. The molecule has 0 saturated carbocycles. The second-order valence-electron chi connectivity index (χ2n) is 6.09. The van der Waals surface area contributed by atoms with Crippen molar-refractivity contribution in [3.05, 3.63) is 48.7 Å². The van der Waals surface area contributed by atoms with E-state index in [4.69, 9.17) is 17.0 Å².